The summed E-state index contributed by atoms with van der Waals surface area (Å²) < 4.78 is 0. The zero-order valence-electron chi connectivity index (χ0n) is 15.9. The van der Waals surface area contributed by atoms with E-state index in [1.807, 2.05) is 25.7 Å². The van der Waals surface area contributed by atoms with Crippen LogP contribution in [0.1, 0.15) is 59.3 Å². The molecule has 2 rings (SSSR count). The van der Waals surface area contributed by atoms with Crippen LogP contribution in [0.25, 0.3) is 0 Å². The zero-order chi connectivity index (χ0) is 17.6. The van der Waals surface area contributed by atoms with E-state index in [9.17, 15) is 9.90 Å². The molecule has 0 atom stereocenters. The Morgan fingerprint density at radius 3 is 2.40 bits per heavy atom. The first-order chi connectivity index (χ1) is 11.4. The van der Waals surface area contributed by atoms with Crippen LogP contribution in [0, 0.1) is 5.92 Å². The minimum absolute atomic E-state index is 0. The van der Waals surface area contributed by atoms with Gasteiger partial charge in [0.2, 0.25) is 5.91 Å². The summed E-state index contributed by atoms with van der Waals surface area (Å²) in [7, 11) is 0. The molecule has 0 aromatic heterocycles. The lowest BCUT2D eigenvalue weighted by atomic mass is 10.0. The zero-order valence-corrected chi connectivity index (χ0v) is 18.2. The Labute approximate surface area is 169 Å². The normalized spacial score (nSPS) is 21.2. The van der Waals surface area contributed by atoms with Gasteiger partial charge in [-0.25, -0.2) is 0 Å². The predicted molar refractivity (Wildman–Crippen MR) is 112 cm³/mol. The molecule has 0 aromatic carbocycles. The number of guanidine groups is 1. The summed E-state index contributed by atoms with van der Waals surface area (Å²) in [6.45, 7) is 8.83. The fraction of sp³-hybridized carbons (Fsp3) is 0.889. The summed E-state index contributed by atoms with van der Waals surface area (Å²) in [4.78, 5) is 18.6. The van der Waals surface area contributed by atoms with Gasteiger partial charge in [0, 0.05) is 31.6 Å². The van der Waals surface area contributed by atoms with E-state index in [-0.39, 0.29) is 35.8 Å². The second kappa shape index (κ2) is 10.5. The van der Waals surface area contributed by atoms with Gasteiger partial charge in [0.05, 0.1) is 12.1 Å². The number of rotatable bonds is 5. The highest BCUT2D eigenvalue weighted by atomic mass is 127. The number of hydrogen-bond acceptors (Lipinski definition) is 3. The molecule has 2 fully saturated rings. The average Bonchev–Trinajstić information content (AvgIpc) is 3.00. The van der Waals surface area contributed by atoms with Crippen molar-refractivity contribution in [1.29, 1.82) is 0 Å². The van der Waals surface area contributed by atoms with Crippen molar-refractivity contribution in [2.45, 2.75) is 70.9 Å². The molecule has 7 heteroatoms. The van der Waals surface area contributed by atoms with E-state index < -0.39 is 5.60 Å². The van der Waals surface area contributed by atoms with Crippen LogP contribution in [-0.4, -0.2) is 59.7 Å². The number of likely N-dealkylation sites (tertiary alicyclic amines) is 1. The minimum Gasteiger partial charge on any atom is -0.388 e. The van der Waals surface area contributed by atoms with E-state index in [2.05, 4.69) is 15.6 Å². The SMILES string of the molecule is CCNC(=NCC1(O)CCCC1)NC1CCN(C(=O)C(C)C)CC1.I. The Hall–Kier alpha value is -0.570. The fourth-order valence-corrected chi connectivity index (χ4v) is 3.54. The number of amides is 1. The molecule has 146 valence electrons. The highest BCUT2D eigenvalue weighted by Gasteiger charge is 2.31. The third-order valence-corrected chi connectivity index (χ3v) is 5.05. The molecule has 6 nitrogen and oxygen atoms in total. The van der Waals surface area contributed by atoms with Gasteiger partial charge in [-0.15, -0.1) is 24.0 Å². The third-order valence-electron chi connectivity index (χ3n) is 5.05. The summed E-state index contributed by atoms with van der Waals surface area (Å²) in [6, 6.07) is 0.331. The number of carbonyl (C=O) groups excluding carboxylic acids is 1. The van der Waals surface area contributed by atoms with Crippen LogP contribution >= 0.6 is 24.0 Å². The second-order valence-corrected chi connectivity index (χ2v) is 7.53. The van der Waals surface area contributed by atoms with Crippen molar-refractivity contribution in [3.8, 4) is 0 Å². The van der Waals surface area contributed by atoms with Crippen LogP contribution in [0.15, 0.2) is 4.99 Å². The lowest BCUT2D eigenvalue weighted by Crippen LogP contribution is -2.50. The predicted octanol–water partition coefficient (Wildman–Crippen LogP) is 2.11. The Morgan fingerprint density at radius 2 is 1.88 bits per heavy atom. The number of hydrogen-bond donors (Lipinski definition) is 3. The molecule has 1 aliphatic carbocycles. The Kier molecular flexibility index (Phi) is 9.48. The van der Waals surface area contributed by atoms with Crippen molar-refractivity contribution in [3.63, 3.8) is 0 Å². The second-order valence-electron chi connectivity index (χ2n) is 7.53. The van der Waals surface area contributed by atoms with Gasteiger partial charge in [-0.3, -0.25) is 9.79 Å². The maximum Gasteiger partial charge on any atom is 0.225 e. The number of halogens is 1. The number of carbonyl (C=O) groups is 1. The third kappa shape index (κ3) is 6.92. The summed E-state index contributed by atoms with van der Waals surface area (Å²) in [5.41, 5.74) is -0.616. The fourth-order valence-electron chi connectivity index (χ4n) is 3.54. The number of piperidine rings is 1. The molecule has 1 aliphatic heterocycles. The van der Waals surface area contributed by atoms with E-state index in [1.165, 1.54) is 0 Å². The lowest BCUT2D eigenvalue weighted by Gasteiger charge is -2.34. The van der Waals surface area contributed by atoms with Gasteiger partial charge in [-0.2, -0.15) is 0 Å². The molecule has 0 spiro atoms. The minimum atomic E-state index is -0.616. The molecule has 1 heterocycles. The molecule has 0 radical (unpaired) electrons. The molecule has 1 saturated heterocycles. The molecule has 25 heavy (non-hydrogen) atoms. The number of aliphatic imine (C=N–C) groups is 1. The maximum absolute atomic E-state index is 12.1. The Bertz CT molecular complexity index is 442. The quantitative estimate of drug-likeness (QED) is 0.330. The average molecular weight is 466 g/mol. The topological polar surface area (TPSA) is 77.0 Å². The van der Waals surface area contributed by atoms with Gasteiger partial charge < -0.3 is 20.6 Å². The lowest BCUT2D eigenvalue weighted by molar-refractivity contribution is -0.135. The Balaban J connectivity index is 0.00000312. The number of nitrogens with zero attached hydrogens (tertiary/aromatic N) is 2. The van der Waals surface area contributed by atoms with Gasteiger partial charge >= 0.3 is 0 Å². The van der Waals surface area contributed by atoms with Gasteiger partial charge in [0.1, 0.15) is 0 Å². The van der Waals surface area contributed by atoms with E-state index in [4.69, 9.17) is 0 Å². The van der Waals surface area contributed by atoms with Gasteiger partial charge in [0.15, 0.2) is 5.96 Å². The van der Waals surface area contributed by atoms with E-state index >= 15 is 0 Å². The standard InChI is InChI=1S/C18H34N4O2.HI/c1-4-19-17(20-13-18(24)9-5-6-10-18)21-15-7-11-22(12-8-15)16(23)14(2)3;/h14-15,24H,4-13H2,1-3H3,(H2,19,20,21);1H. The van der Waals surface area contributed by atoms with Crippen molar-refractivity contribution in [3.05, 3.63) is 0 Å². The van der Waals surface area contributed by atoms with Crippen LogP contribution < -0.4 is 10.6 Å². The molecule has 1 saturated carbocycles. The van der Waals surface area contributed by atoms with Crippen molar-refractivity contribution < 1.29 is 9.90 Å². The smallest absolute Gasteiger partial charge is 0.225 e. The van der Waals surface area contributed by atoms with Crippen molar-refractivity contribution >= 4 is 35.8 Å². The van der Waals surface area contributed by atoms with Crippen molar-refractivity contribution in [2.75, 3.05) is 26.2 Å². The summed E-state index contributed by atoms with van der Waals surface area (Å²) in [5.74, 6) is 1.10. The maximum atomic E-state index is 12.1. The van der Waals surface area contributed by atoms with E-state index in [0.29, 0.717) is 12.6 Å². The molecule has 1 amide bonds. The highest BCUT2D eigenvalue weighted by molar-refractivity contribution is 14.0. The van der Waals surface area contributed by atoms with Crippen molar-refractivity contribution in [1.82, 2.24) is 15.5 Å². The van der Waals surface area contributed by atoms with Crippen molar-refractivity contribution in [2.24, 2.45) is 10.9 Å². The van der Waals surface area contributed by atoms with Crippen LogP contribution in [0.3, 0.4) is 0 Å². The first-order valence-corrected chi connectivity index (χ1v) is 9.49. The van der Waals surface area contributed by atoms with Crippen LogP contribution in [0.2, 0.25) is 0 Å². The van der Waals surface area contributed by atoms with Crippen LogP contribution in [-0.2, 0) is 4.79 Å². The number of aliphatic hydroxyl groups is 1. The monoisotopic (exact) mass is 466 g/mol. The molecule has 2 aliphatic rings. The molecular weight excluding hydrogens is 431 g/mol. The molecule has 0 bridgehead atoms. The highest BCUT2D eigenvalue weighted by Crippen LogP contribution is 2.29. The molecule has 0 aromatic rings. The van der Waals surface area contributed by atoms with Gasteiger partial charge in [-0.1, -0.05) is 26.7 Å². The summed E-state index contributed by atoms with van der Waals surface area (Å²) in [6.07, 6.45) is 5.77. The first-order valence-electron chi connectivity index (χ1n) is 9.49. The van der Waals surface area contributed by atoms with Gasteiger partial charge in [-0.05, 0) is 32.6 Å². The largest absolute Gasteiger partial charge is 0.388 e. The van der Waals surface area contributed by atoms with Crippen LogP contribution in [0.5, 0.6) is 0 Å². The van der Waals surface area contributed by atoms with E-state index in [0.717, 1.165) is 64.1 Å². The summed E-state index contributed by atoms with van der Waals surface area (Å²) in [5, 5.41) is 17.2. The summed E-state index contributed by atoms with van der Waals surface area (Å²) >= 11 is 0. The van der Waals surface area contributed by atoms with E-state index in [1.54, 1.807) is 0 Å². The molecule has 0 unspecified atom stereocenters. The first kappa shape index (κ1) is 22.5. The van der Waals surface area contributed by atoms with Crippen LogP contribution in [0.4, 0.5) is 0 Å². The van der Waals surface area contributed by atoms with Gasteiger partial charge in [0.25, 0.3) is 0 Å². The molecule has 3 N–H and O–H groups in total. The number of nitrogens with one attached hydrogen (secondary N) is 2. The Morgan fingerprint density at radius 1 is 1.28 bits per heavy atom. The molecular formula is C18H35IN4O2.